The molecule has 0 amide bonds. The number of benzene rings is 1. The van der Waals surface area contributed by atoms with Gasteiger partial charge in [0.2, 0.25) is 5.56 Å². The third-order valence-electron chi connectivity index (χ3n) is 3.01. The van der Waals surface area contributed by atoms with Gasteiger partial charge in [0.15, 0.2) is 0 Å². The van der Waals surface area contributed by atoms with E-state index >= 15 is 0 Å². The Morgan fingerprint density at radius 1 is 1.18 bits per heavy atom. The average molecular weight is 230 g/mol. The van der Waals surface area contributed by atoms with Crippen molar-refractivity contribution in [3.63, 3.8) is 0 Å². The van der Waals surface area contributed by atoms with Crippen molar-refractivity contribution in [3.05, 3.63) is 46.1 Å². The highest BCUT2D eigenvalue weighted by Crippen LogP contribution is 2.26. The maximum atomic E-state index is 13.2. The predicted octanol–water partition coefficient (Wildman–Crippen LogP) is 2.71. The van der Waals surface area contributed by atoms with Crippen molar-refractivity contribution in [1.82, 2.24) is 9.97 Å². The first-order valence-electron chi connectivity index (χ1n) is 5.52. The summed E-state index contributed by atoms with van der Waals surface area (Å²) in [4.78, 5) is 17.5. The number of H-pyrrole nitrogens is 2. The number of aryl methyl sites for hydroxylation is 1. The largest absolute Gasteiger partial charge is 0.353 e. The van der Waals surface area contributed by atoms with Gasteiger partial charge in [-0.1, -0.05) is 6.92 Å². The standard InChI is InChI=1S/C13H11FN2O/c1-2-10-13-9(6-12(17)15-10)8-5-7(14)3-4-11(8)16-13/h3-6,16H,2H2,1H3,(H,15,17). The molecule has 0 bridgehead atoms. The van der Waals surface area contributed by atoms with Crippen LogP contribution in [0.5, 0.6) is 0 Å². The molecule has 0 saturated heterocycles. The highest BCUT2D eigenvalue weighted by Gasteiger charge is 2.09. The number of halogens is 1. The van der Waals surface area contributed by atoms with Gasteiger partial charge < -0.3 is 9.97 Å². The van der Waals surface area contributed by atoms with E-state index in [1.807, 2.05) is 6.92 Å². The molecule has 86 valence electrons. The summed E-state index contributed by atoms with van der Waals surface area (Å²) in [6.45, 7) is 1.97. The Hall–Kier alpha value is -2.10. The molecule has 0 fully saturated rings. The Kier molecular flexibility index (Phi) is 2.04. The minimum atomic E-state index is -0.295. The Morgan fingerprint density at radius 2 is 2.00 bits per heavy atom. The molecule has 2 N–H and O–H groups in total. The van der Waals surface area contributed by atoms with Gasteiger partial charge in [0.1, 0.15) is 5.82 Å². The van der Waals surface area contributed by atoms with Crippen LogP contribution in [0.3, 0.4) is 0 Å². The number of aromatic amines is 2. The summed E-state index contributed by atoms with van der Waals surface area (Å²) in [5, 5.41) is 1.53. The van der Waals surface area contributed by atoms with Gasteiger partial charge >= 0.3 is 0 Å². The number of hydrogen-bond acceptors (Lipinski definition) is 1. The zero-order valence-corrected chi connectivity index (χ0v) is 9.30. The fourth-order valence-corrected chi connectivity index (χ4v) is 2.22. The number of hydrogen-bond donors (Lipinski definition) is 2. The summed E-state index contributed by atoms with van der Waals surface area (Å²) in [6.07, 6.45) is 0.724. The normalized spacial score (nSPS) is 11.4. The van der Waals surface area contributed by atoms with E-state index < -0.39 is 0 Å². The van der Waals surface area contributed by atoms with Gasteiger partial charge in [-0.15, -0.1) is 0 Å². The first-order chi connectivity index (χ1) is 8.19. The van der Waals surface area contributed by atoms with E-state index in [0.29, 0.717) is 0 Å². The Balaban J connectivity index is 2.56. The fraction of sp³-hybridized carbons (Fsp3) is 0.154. The highest BCUT2D eigenvalue weighted by atomic mass is 19.1. The first-order valence-corrected chi connectivity index (χ1v) is 5.52. The molecule has 0 aliphatic rings. The van der Waals surface area contributed by atoms with Crippen molar-refractivity contribution >= 4 is 21.8 Å². The van der Waals surface area contributed by atoms with Gasteiger partial charge in [-0.05, 0) is 24.6 Å². The molecule has 2 heterocycles. The van der Waals surface area contributed by atoms with Crippen molar-refractivity contribution in [2.24, 2.45) is 0 Å². The second kappa shape index (κ2) is 3.45. The smallest absolute Gasteiger partial charge is 0.248 e. The lowest BCUT2D eigenvalue weighted by molar-refractivity contribution is 0.630. The molecule has 3 rings (SSSR count). The zero-order chi connectivity index (χ0) is 12.0. The maximum Gasteiger partial charge on any atom is 0.248 e. The maximum absolute atomic E-state index is 13.2. The molecule has 1 aromatic carbocycles. The summed E-state index contributed by atoms with van der Waals surface area (Å²) in [7, 11) is 0. The van der Waals surface area contributed by atoms with Crippen LogP contribution in [0.25, 0.3) is 21.8 Å². The van der Waals surface area contributed by atoms with E-state index in [0.717, 1.165) is 33.9 Å². The van der Waals surface area contributed by atoms with E-state index in [-0.39, 0.29) is 11.4 Å². The van der Waals surface area contributed by atoms with Crippen LogP contribution in [0.2, 0.25) is 0 Å². The Labute approximate surface area is 96.3 Å². The van der Waals surface area contributed by atoms with Crippen LogP contribution in [0.1, 0.15) is 12.6 Å². The predicted molar refractivity (Wildman–Crippen MR) is 65.8 cm³/mol. The second-order valence-electron chi connectivity index (χ2n) is 4.07. The van der Waals surface area contributed by atoms with Crippen LogP contribution in [0.15, 0.2) is 29.1 Å². The zero-order valence-electron chi connectivity index (χ0n) is 9.30. The van der Waals surface area contributed by atoms with Gasteiger partial charge in [0.25, 0.3) is 0 Å². The van der Waals surface area contributed by atoms with Crippen molar-refractivity contribution < 1.29 is 4.39 Å². The lowest BCUT2D eigenvalue weighted by atomic mass is 10.1. The summed E-state index contributed by atoms with van der Waals surface area (Å²) in [6, 6.07) is 6.06. The third-order valence-corrected chi connectivity index (χ3v) is 3.01. The number of rotatable bonds is 1. The molecule has 0 unspecified atom stereocenters. The fourth-order valence-electron chi connectivity index (χ4n) is 2.22. The van der Waals surface area contributed by atoms with E-state index in [1.54, 1.807) is 6.07 Å². The van der Waals surface area contributed by atoms with Crippen molar-refractivity contribution in [1.29, 1.82) is 0 Å². The molecule has 4 heteroatoms. The third kappa shape index (κ3) is 1.45. The van der Waals surface area contributed by atoms with Crippen LogP contribution in [0, 0.1) is 5.82 Å². The van der Waals surface area contributed by atoms with Crippen LogP contribution >= 0.6 is 0 Å². The van der Waals surface area contributed by atoms with Crippen LogP contribution < -0.4 is 5.56 Å². The SMILES string of the molecule is CCc1[nH]c(=O)cc2c1[nH]c1ccc(F)cc12. The van der Waals surface area contributed by atoms with Crippen molar-refractivity contribution in [3.8, 4) is 0 Å². The van der Waals surface area contributed by atoms with Crippen LogP contribution in [0.4, 0.5) is 4.39 Å². The van der Waals surface area contributed by atoms with E-state index in [9.17, 15) is 9.18 Å². The van der Waals surface area contributed by atoms with Gasteiger partial charge in [-0.3, -0.25) is 4.79 Å². The molecule has 3 aromatic rings. The lowest BCUT2D eigenvalue weighted by Crippen LogP contribution is -2.06. The van der Waals surface area contributed by atoms with Crippen LogP contribution in [-0.2, 0) is 6.42 Å². The molecule has 17 heavy (non-hydrogen) atoms. The topological polar surface area (TPSA) is 48.6 Å². The molecule has 0 radical (unpaired) electrons. The van der Waals surface area contributed by atoms with E-state index in [4.69, 9.17) is 0 Å². The molecule has 0 aliphatic heterocycles. The van der Waals surface area contributed by atoms with Crippen molar-refractivity contribution in [2.45, 2.75) is 13.3 Å². The summed E-state index contributed by atoms with van der Waals surface area (Å²) in [5.74, 6) is -0.295. The summed E-state index contributed by atoms with van der Waals surface area (Å²) in [5.41, 5.74) is 2.42. The summed E-state index contributed by atoms with van der Waals surface area (Å²) >= 11 is 0. The van der Waals surface area contributed by atoms with E-state index in [1.165, 1.54) is 18.2 Å². The monoisotopic (exact) mass is 230 g/mol. The minimum Gasteiger partial charge on any atom is -0.353 e. The first kappa shape index (κ1) is 10.1. The van der Waals surface area contributed by atoms with Gasteiger partial charge in [0.05, 0.1) is 5.52 Å². The minimum absolute atomic E-state index is 0.153. The second-order valence-corrected chi connectivity index (χ2v) is 4.07. The molecule has 0 saturated carbocycles. The quantitative estimate of drug-likeness (QED) is 0.663. The number of pyridine rings is 1. The van der Waals surface area contributed by atoms with Crippen molar-refractivity contribution in [2.75, 3.05) is 0 Å². The van der Waals surface area contributed by atoms with Gasteiger partial charge in [-0.2, -0.15) is 0 Å². The molecule has 0 spiro atoms. The molecular formula is C13H11FN2O. The van der Waals surface area contributed by atoms with Crippen LogP contribution in [-0.4, -0.2) is 9.97 Å². The molecule has 0 atom stereocenters. The Bertz CT molecular complexity index is 770. The molecule has 2 aromatic heterocycles. The van der Waals surface area contributed by atoms with Gasteiger partial charge in [0, 0.05) is 28.0 Å². The number of nitrogens with one attached hydrogen (secondary N) is 2. The molecule has 3 nitrogen and oxygen atoms in total. The molecular weight excluding hydrogens is 219 g/mol. The number of fused-ring (bicyclic) bond motifs is 3. The van der Waals surface area contributed by atoms with Gasteiger partial charge in [-0.25, -0.2) is 4.39 Å². The average Bonchev–Trinajstić information content (AvgIpc) is 2.66. The highest BCUT2D eigenvalue weighted by molar-refractivity contribution is 6.07. The Morgan fingerprint density at radius 3 is 2.76 bits per heavy atom. The van der Waals surface area contributed by atoms with E-state index in [2.05, 4.69) is 9.97 Å². The molecule has 0 aliphatic carbocycles. The number of aromatic nitrogens is 2. The lowest BCUT2D eigenvalue weighted by Gasteiger charge is -1.98. The summed E-state index contributed by atoms with van der Waals surface area (Å²) < 4.78 is 13.2.